The number of carbonyl (C=O) groups excluding carboxylic acids is 1. The summed E-state index contributed by atoms with van der Waals surface area (Å²) in [6, 6.07) is 4.79. The van der Waals surface area contributed by atoms with Gasteiger partial charge in [-0.15, -0.1) is 0 Å². The zero-order valence-corrected chi connectivity index (χ0v) is 14.8. The molecule has 0 bridgehead atoms. The number of morpholine rings is 1. The summed E-state index contributed by atoms with van der Waals surface area (Å²) in [5.41, 5.74) is 0.381. The lowest BCUT2D eigenvalue weighted by Gasteiger charge is -2.42. The Labute approximate surface area is 142 Å². The van der Waals surface area contributed by atoms with E-state index < -0.39 is 11.4 Å². The van der Waals surface area contributed by atoms with E-state index in [4.69, 9.17) is 14.2 Å². The van der Waals surface area contributed by atoms with Gasteiger partial charge in [-0.25, -0.2) is 4.39 Å². The number of ether oxygens (including phenoxy) is 3. The van der Waals surface area contributed by atoms with E-state index in [-0.39, 0.29) is 17.8 Å². The third kappa shape index (κ3) is 4.92. The van der Waals surface area contributed by atoms with Gasteiger partial charge in [0.05, 0.1) is 25.4 Å². The summed E-state index contributed by atoms with van der Waals surface area (Å²) >= 11 is 0. The lowest BCUT2D eigenvalue weighted by Crippen LogP contribution is -2.55. The van der Waals surface area contributed by atoms with Crippen LogP contribution >= 0.6 is 0 Å². The number of hydrogen-bond acceptors (Lipinski definition) is 4. The summed E-state index contributed by atoms with van der Waals surface area (Å²) in [6.07, 6.45) is 0.703. The molecule has 0 aliphatic carbocycles. The van der Waals surface area contributed by atoms with Crippen molar-refractivity contribution < 1.29 is 23.4 Å². The number of rotatable bonds is 6. The van der Waals surface area contributed by atoms with Gasteiger partial charge >= 0.3 is 0 Å². The summed E-state index contributed by atoms with van der Waals surface area (Å²) in [6.45, 7) is 5.45. The molecule has 1 aromatic carbocycles. The van der Waals surface area contributed by atoms with Gasteiger partial charge in [0, 0.05) is 26.6 Å². The molecule has 0 saturated carbocycles. The van der Waals surface area contributed by atoms with E-state index in [2.05, 4.69) is 0 Å². The molecule has 1 amide bonds. The molecule has 0 aromatic heterocycles. The summed E-state index contributed by atoms with van der Waals surface area (Å²) in [7, 11) is 3.05. The van der Waals surface area contributed by atoms with Crippen molar-refractivity contribution in [2.24, 2.45) is 0 Å². The van der Waals surface area contributed by atoms with Crippen molar-refractivity contribution in [2.75, 3.05) is 33.9 Å². The van der Waals surface area contributed by atoms with Gasteiger partial charge in [0.25, 0.3) is 0 Å². The first-order valence-electron chi connectivity index (χ1n) is 8.11. The third-order valence-corrected chi connectivity index (χ3v) is 4.03. The summed E-state index contributed by atoms with van der Waals surface area (Å²) in [5.74, 6) is -0.152. The SMILES string of the molecule is COCC1CN(C(=O)CCc2ccc(OC)c(F)c2)CC(C)(C)O1. The minimum atomic E-state index is -0.407. The normalized spacial score (nSPS) is 20.0. The Morgan fingerprint density at radius 1 is 1.42 bits per heavy atom. The first-order chi connectivity index (χ1) is 11.3. The average Bonchev–Trinajstić information content (AvgIpc) is 2.51. The van der Waals surface area contributed by atoms with Crippen LogP contribution in [0.15, 0.2) is 18.2 Å². The second kappa shape index (κ2) is 7.94. The molecule has 2 rings (SSSR count). The monoisotopic (exact) mass is 339 g/mol. The predicted octanol–water partition coefficient (Wildman–Crippen LogP) is 2.42. The number of halogens is 1. The highest BCUT2D eigenvalue weighted by Crippen LogP contribution is 2.23. The van der Waals surface area contributed by atoms with E-state index in [0.29, 0.717) is 32.5 Å². The van der Waals surface area contributed by atoms with E-state index in [1.54, 1.807) is 19.2 Å². The Morgan fingerprint density at radius 2 is 2.17 bits per heavy atom. The molecule has 1 unspecified atom stereocenters. The van der Waals surface area contributed by atoms with Gasteiger partial charge in [0.2, 0.25) is 5.91 Å². The number of aryl methyl sites for hydroxylation is 1. The highest BCUT2D eigenvalue weighted by atomic mass is 19.1. The molecule has 0 radical (unpaired) electrons. The van der Waals surface area contributed by atoms with Crippen molar-refractivity contribution in [2.45, 2.75) is 38.4 Å². The van der Waals surface area contributed by atoms with E-state index in [0.717, 1.165) is 5.56 Å². The Balaban J connectivity index is 1.94. The molecule has 5 nitrogen and oxygen atoms in total. The molecule has 1 aliphatic heterocycles. The standard InChI is InChI=1S/C18H26FNO4/c1-18(2)12-20(10-14(24-18)11-22-3)17(21)8-6-13-5-7-16(23-4)15(19)9-13/h5,7,9,14H,6,8,10-12H2,1-4H3. The Kier molecular flexibility index (Phi) is 6.18. The van der Waals surface area contributed by atoms with Crippen molar-refractivity contribution in [3.63, 3.8) is 0 Å². The molecule has 1 heterocycles. The van der Waals surface area contributed by atoms with Crippen molar-refractivity contribution in [1.29, 1.82) is 0 Å². The van der Waals surface area contributed by atoms with Crippen LogP contribution < -0.4 is 4.74 Å². The first kappa shape index (κ1) is 18.7. The zero-order chi connectivity index (χ0) is 17.7. The molecular formula is C18H26FNO4. The molecular weight excluding hydrogens is 313 g/mol. The van der Waals surface area contributed by atoms with Crippen molar-refractivity contribution in [3.05, 3.63) is 29.6 Å². The number of carbonyl (C=O) groups is 1. The highest BCUT2D eigenvalue weighted by molar-refractivity contribution is 5.76. The van der Waals surface area contributed by atoms with E-state index >= 15 is 0 Å². The van der Waals surface area contributed by atoms with Crippen molar-refractivity contribution in [3.8, 4) is 5.75 Å². The van der Waals surface area contributed by atoms with Crippen LogP contribution in [0, 0.1) is 5.82 Å². The fourth-order valence-electron chi connectivity index (χ4n) is 3.03. The Morgan fingerprint density at radius 3 is 2.79 bits per heavy atom. The van der Waals surface area contributed by atoms with Crippen LogP contribution in [0.3, 0.4) is 0 Å². The number of methoxy groups -OCH3 is 2. The van der Waals surface area contributed by atoms with E-state index in [1.165, 1.54) is 13.2 Å². The van der Waals surface area contributed by atoms with Gasteiger partial charge < -0.3 is 19.1 Å². The first-order valence-corrected chi connectivity index (χ1v) is 8.11. The molecule has 24 heavy (non-hydrogen) atoms. The molecule has 134 valence electrons. The van der Waals surface area contributed by atoms with Gasteiger partial charge in [0.15, 0.2) is 11.6 Å². The predicted molar refractivity (Wildman–Crippen MR) is 88.7 cm³/mol. The summed E-state index contributed by atoms with van der Waals surface area (Å²) in [4.78, 5) is 14.3. The zero-order valence-electron chi connectivity index (χ0n) is 14.8. The van der Waals surface area contributed by atoms with Gasteiger partial charge in [-0.1, -0.05) is 6.07 Å². The fourth-order valence-corrected chi connectivity index (χ4v) is 3.03. The van der Waals surface area contributed by atoms with E-state index in [9.17, 15) is 9.18 Å². The molecule has 0 spiro atoms. The van der Waals surface area contributed by atoms with Crippen LogP contribution in [0.2, 0.25) is 0 Å². The van der Waals surface area contributed by atoms with Gasteiger partial charge in [0.1, 0.15) is 0 Å². The van der Waals surface area contributed by atoms with Crippen LogP contribution in [0.5, 0.6) is 5.75 Å². The lowest BCUT2D eigenvalue weighted by atomic mass is 10.0. The van der Waals surface area contributed by atoms with Gasteiger partial charge in [-0.05, 0) is 38.0 Å². The Hall–Kier alpha value is -1.66. The van der Waals surface area contributed by atoms with Crippen LogP contribution in [0.1, 0.15) is 25.8 Å². The largest absolute Gasteiger partial charge is 0.494 e. The smallest absolute Gasteiger partial charge is 0.223 e. The Bertz CT molecular complexity index is 576. The maximum atomic E-state index is 13.7. The quantitative estimate of drug-likeness (QED) is 0.799. The maximum Gasteiger partial charge on any atom is 0.223 e. The minimum absolute atomic E-state index is 0.0451. The number of hydrogen-bond donors (Lipinski definition) is 0. The number of benzene rings is 1. The molecule has 1 aliphatic rings. The summed E-state index contributed by atoms with van der Waals surface area (Å²) in [5, 5.41) is 0. The topological polar surface area (TPSA) is 48.0 Å². The number of nitrogens with zero attached hydrogens (tertiary/aromatic N) is 1. The van der Waals surface area contributed by atoms with Crippen LogP contribution in [-0.4, -0.2) is 56.4 Å². The minimum Gasteiger partial charge on any atom is -0.494 e. The molecule has 1 atom stereocenters. The van der Waals surface area contributed by atoms with E-state index in [1.807, 2.05) is 18.7 Å². The molecule has 1 saturated heterocycles. The maximum absolute atomic E-state index is 13.7. The molecule has 6 heteroatoms. The highest BCUT2D eigenvalue weighted by Gasteiger charge is 2.35. The van der Waals surface area contributed by atoms with Crippen molar-refractivity contribution >= 4 is 5.91 Å². The molecule has 1 fully saturated rings. The van der Waals surface area contributed by atoms with Crippen LogP contribution in [0.4, 0.5) is 4.39 Å². The van der Waals surface area contributed by atoms with Gasteiger partial charge in [-0.2, -0.15) is 0 Å². The average molecular weight is 339 g/mol. The van der Waals surface area contributed by atoms with Crippen LogP contribution in [0.25, 0.3) is 0 Å². The summed E-state index contributed by atoms with van der Waals surface area (Å²) < 4.78 is 29.7. The third-order valence-electron chi connectivity index (χ3n) is 4.03. The molecule has 1 aromatic rings. The van der Waals surface area contributed by atoms with Crippen LogP contribution in [-0.2, 0) is 20.7 Å². The second-order valence-corrected chi connectivity index (χ2v) is 6.70. The van der Waals surface area contributed by atoms with Crippen molar-refractivity contribution in [1.82, 2.24) is 4.90 Å². The second-order valence-electron chi connectivity index (χ2n) is 6.70. The molecule has 0 N–H and O–H groups in total. The fraction of sp³-hybridized carbons (Fsp3) is 0.611. The lowest BCUT2D eigenvalue weighted by molar-refractivity contribution is -0.168. The number of amides is 1. The van der Waals surface area contributed by atoms with Gasteiger partial charge in [-0.3, -0.25) is 4.79 Å².